The van der Waals surface area contributed by atoms with Crippen molar-refractivity contribution in [3.05, 3.63) is 101 Å². The molecule has 3 aromatic carbocycles. The number of hydrogen-bond donors (Lipinski definition) is 2. The standard InChI is InChI=1S/C30H29BrN4O5/c31-24-19-23(20-32-21-24)28(36)35(25-11-2-1-3-12-25)16-18-40-29(37)33-15-6-7-17-39-30(38)34-27-14-8-10-22-9-4-5-13-26(22)27/h1-5,8-14,19-21H,6-7,15-18H2,(H,33,37)(H,34,38). The second-order valence-corrected chi connectivity index (χ2v) is 9.66. The average Bonchev–Trinajstić information content (AvgIpc) is 2.97. The summed E-state index contributed by atoms with van der Waals surface area (Å²) in [5.74, 6) is -0.256. The zero-order valence-electron chi connectivity index (χ0n) is 21.7. The van der Waals surface area contributed by atoms with Crippen LogP contribution in [-0.4, -0.2) is 49.4 Å². The van der Waals surface area contributed by atoms with Gasteiger partial charge in [-0.25, -0.2) is 9.59 Å². The van der Waals surface area contributed by atoms with Gasteiger partial charge >= 0.3 is 12.2 Å². The van der Waals surface area contributed by atoms with Gasteiger partial charge in [-0.15, -0.1) is 0 Å². The number of nitrogens with one attached hydrogen (secondary N) is 2. The molecule has 0 radical (unpaired) electrons. The van der Waals surface area contributed by atoms with Gasteiger partial charge in [0.05, 0.1) is 24.4 Å². The lowest BCUT2D eigenvalue weighted by Gasteiger charge is -2.23. The highest BCUT2D eigenvalue weighted by atomic mass is 79.9. The molecule has 0 aliphatic heterocycles. The number of pyridine rings is 1. The summed E-state index contributed by atoms with van der Waals surface area (Å²) in [6.45, 7) is 0.748. The molecule has 1 aromatic heterocycles. The van der Waals surface area contributed by atoms with Crippen molar-refractivity contribution in [1.82, 2.24) is 10.3 Å². The van der Waals surface area contributed by atoms with Crippen LogP contribution >= 0.6 is 15.9 Å². The van der Waals surface area contributed by atoms with Gasteiger partial charge < -0.3 is 19.7 Å². The molecular weight excluding hydrogens is 576 g/mol. The van der Waals surface area contributed by atoms with Crippen LogP contribution in [0.4, 0.5) is 21.0 Å². The maximum atomic E-state index is 13.1. The van der Waals surface area contributed by atoms with Crippen molar-refractivity contribution < 1.29 is 23.9 Å². The third-order valence-corrected chi connectivity index (χ3v) is 6.35. The van der Waals surface area contributed by atoms with E-state index >= 15 is 0 Å². The third kappa shape index (κ3) is 8.28. The Morgan fingerprint density at radius 2 is 1.57 bits per heavy atom. The molecule has 1 heterocycles. The minimum atomic E-state index is -0.584. The van der Waals surface area contributed by atoms with Crippen molar-refractivity contribution in [2.75, 3.05) is 36.5 Å². The number of anilines is 2. The maximum Gasteiger partial charge on any atom is 0.411 e. The summed E-state index contributed by atoms with van der Waals surface area (Å²) >= 11 is 3.34. The molecule has 40 heavy (non-hydrogen) atoms. The Balaban J connectivity index is 1.14. The fourth-order valence-electron chi connectivity index (χ4n) is 3.98. The van der Waals surface area contributed by atoms with Crippen LogP contribution in [0, 0.1) is 0 Å². The zero-order valence-corrected chi connectivity index (χ0v) is 23.3. The predicted octanol–water partition coefficient (Wildman–Crippen LogP) is 6.40. The Bertz CT molecular complexity index is 1450. The molecule has 0 unspecified atom stereocenters. The number of ether oxygens (including phenoxy) is 2. The maximum absolute atomic E-state index is 13.1. The van der Waals surface area contributed by atoms with Crippen LogP contribution in [0.2, 0.25) is 0 Å². The molecule has 4 aromatic rings. The van der Waals surface area contributed by atoms with Gasteiger partial charge in [-0.05, 0) is 58.4 Å². The van der Waals surface area contributed by atoms with Crippen LogP contribution in [0.15, 0.2) is 95.7 Å². The average molecular weight is 605 g/mol. The number of carbonyl (C=O) groups is 3. The number of alkyl carbamates (subject to hydrolysis) is 1. The fourth-order valence-corrected chi connectivity index (χ4v) is 4.35. The number of fused-ring (bicyclic) bond motifs is 1. The van der Waals surface area contributed by atoms with Gasteiger partial charge in [0, 0.05) is 34.5 Å². The number of halogens is 1. The number of hydrogen-bond acceptors (Lipinski definition) is 6. The summed E-state index contributed by atoms with van der Waals surface area (Å²) in [5.41, 5.74) is 1.78. The lowest BCUT2D eigenvalue weighted by Crippen LogP contribution is -2.36. The number of amides is 3. The summed E-state index contributed by atoms with van der Waals surface area (Å²) in [7, 11) is 0. The van der Waals surface area contributed by atoms with Gasteiger partial charge in [0.25, 0.3) is 5.91 Å². The number of benzene rings is 3. The molecule has 206 valence electrons. The molecule has 0 aliphatic carbocycles. The summed E-state index contributed by atoms with van der Waals surface area (Å²) < 4.78 is 11.2. The predicted molar refractivity (Wildman–Crippen MR) is 158 cm³/mol. The smallest absolute Gasteiger partial charge is 0.411 e. The first-order valence-electron chi connectivity index (χ1n) is 12.8. The van der Waals surface area contributed by atoms with Crippen LogP contribution in [-0.2, 0) is 9.47 Å². The van der Waals surface area contributed by atoms with E-state index in [2.05, 4.69) is 31.5 Å². The third-order valence-electron chi connectivity index (χ3n) is 5.91. The summed E-state index contributed by atoms with van der Waals surface area (Å²) in [6.07, 6.45) is 3.15. The molecule has 0 bridgehead atoms. The Labute approximate surface area is 240 Å². The fraction of sp³-hybridized carbons (Fsp3) is 0.200. The van der Waals surface area contributed by atoms with Gasteiger partial charge in [-0.1, -0.05) is 54.6 Å². The lowest BCUT2D eigenvalue weighted by atomic mass is 10.1. The van der Waals surface area contributed by atoms with Crippen LogP contribution in [0.1, 0.15) is 23.2 Å². The number of unbranched alkanes of at least 4 members (excludes halogenated alkanes) is 1. The Morgan fingerprint density at radius 1 is 0.825 bits per heavy atom. The molecule has 0 saturated carbocycles. The molecule has 0 saturated heterocycles. The highest BCUT2D eigenvalue weighted by molar-refractivity contribution is 9.10. The highest BCUT2D eigenvalue weighted by Gasteiger charge is 2.19. The molecule has 9 nitrogen and oxygen atoms in total. The zero-order chi connectivity index (χ0) is 28.2. The summed E-state index contributed by atoms with van der Waals surface area (Å²) in [4.78, 5) is 43.0. The molecule has 0 fully saturated rings. The van der Waals surface area contributed by atoms with E-state index in [9.17, 15) is 14.4 Å². The molecule has 2 N–H and O–H groups in total. The largest absolute Gasteiger partial charge is 0.449 e. The molecule has 4 rings (SSSR count). The first-order valence-corrected chi connectivity index (χ1v) is 13.6. The van der Waals surface area contributed by atoms with Crippen molar-refractivity contribution in [2.45, 2.75) is 12.8 Å². The van der Waals surface area contributed by atoms with Gasteiger partial charge in [-0.3, -0.25) is 15.1 Å². The first-order chi connectivity index (χ1) is 19.5. The topological polar surface area (TPSA) is 110 Å². The molecule has 0 atom stereocenters. The van der Waals surface area contributed by atoms with E-state index in [1.165, 1.54) is 11.1 Å². The normalized spacial score (nSPS) is 10.5. The van der Waals surface area contributed by atoms with Crippen molar-refractivity contribution in [3.8, 4) is 0 Å². The molecule has 0 aliphatic rings. The van der Waals surface area contributed by atoms with Crippen molar-refractivity contribution >= 4 is 56.2 Å². The quantitative estimate of drug-likeness (QED) is 0.192. The van der Waals surface area contributed by atoms with Crippen molar-refractivity contribution in [2.24, 2.45) is 0 Å². The van der Waals surface area contributed by atoms with Crippen LogP contribution in [0.3, 0.4) is 0 Å². The molecule has 3 amide bonds. The van der Waals surface area contributed by atoms with Gasteiger partial charge in [-0.2, -0.15) is 0 Å². The highest BCUT2D eigenvalue weighted by Crippen LogP contribution is 2.23. The summed E-state index contributed by atoms with van der Waals surface area (Å²) in [5, 5.41) is 7.41. The van der Waals surface area contributed by atoms with E-state index in [0.29, 0.717) is 40.8 Å². The van der Waals surface area contributed by atoms with Crippen molar-refractivity contribution in [1.29, 1.82) is 0 Å². The van der Waals surface area contributed by atoms with E-state index in [-0.39, 0.29) is 25.7 Å². The Morgan fingerprint density at radius 3 is 2.40 bits per heavy atom. The Kier molecular flexibility index (Phi) is 10.5. The van der Waals surface area contributed by atoms with Gasteiger partial charge in [0.15, 0.2) is 0 Å². The lowest BCUT2D eigenvalue weighted by molar-refractivity contribution is 0.0972. The first kappa shape index (κ1) is 28.6. The van der Waals surface area contributed by atoms with Crippen LogP contribution < -0.4 is 15.5 Å². The van der Waals surface area contributed by atoms with E-state index < -0.39 is 12.2 Å². The number of rotatable bonds is 11. The monoisotopic (exact) mass is 604 g/mol. The van der Waals surface area contributed by atoms with E-state index in [1.807, 2.05) is 72.8 Å². The number of nitrogens with zero attached hydrogens (tertiary/aromatic N) is 2. The minimum absolute atomic E-state index is 0.00531. The SMILES string of the molecule is O=C(NCCCCOC(=O)Nc1cccc2ccccc12)OCCN(C(=O)c1cncc(Br)c1)c1ccccc1. The molecule has 10 heteroatoms. The van der Waals surface area contributed by atoms with E-state index in [0.717, 1.165) is 10.8 Å². The van der Waals surface area contributed by atoms with E-state index in [4.69, 9.17) is 9.47 Å². The molecule has 0 spiro atoms. The summed E-state index contributed by atoms with van der Waals surface area (Å²) in [6, 6.07) is 24.3. The number of carbonyl (C=O) groups excluding carboxylic acids is 3. The second-order valence-electron chi connectivity index (χ2n) is 8.74. The van der Waals surface area contributed by atoms with Gasteiger partial charge in [0.2, 0.25) is 0 Å². The van der Waals surface area contributed by atoms with Gasteiger partial charge in [0.1, 0.15) is 6.61 Å². The van der Waals surface area contributed by atoms with Crippen molar-refractivity contribution in [3.63, 3.8) is 0 Å². The Hall–Kier alpha value is -4.44. The minimum Gasteiger partial charge on any atom is -0.449 e. The number of para-hydroxylation sites is 1. The van der Waals surface area contributed by atoms with Crippen LogP contribution in [0.5, 0.6) is 0 Å². The molecular formula is C30H29BrN4O5. The second kappa shape index (κ2) is 14.6. The van der Waals surface area contributed by atoms with Crippen LogP contribution in [0.25, 0.3) is 10.8 Å². The number of aromatic nitrogens is 1. The van der Waals surface area contributed by atoms with E-state index in [1.54, 1.807) is 12.3 Å².